The van der Waals surface area contributed by atoms with Crippen molar-refractivity contribution in [2.24, 2.45) is 0 Å². The van der Waals surface area contributed by atoms with Gasteiger partial charge in [-0.05, 0) is 6.92 Å². The molecule has 2 heterocycles. The molecule has 0 amide bonds. The third-order valence-corrected chi connectivity index (χ3v) is 5.02. The van der Waals surface area contributed by atoms with E-state index in [-0.39, 0.29) is 17.9 Å². The molecule has 0 bridgehead atoms. The second kappa shape index (κ2) is 6.65. The number of Topliss-reactive ketones (excluding diaryl/α,β-unsaturated/α-hetero) is 1. The van der Waals surface area contributed by atoms with Gasteiger partial charge in [-0.1, -0.05) is 60.7 Å². The van der Waals surface area contributed by atoms with Crippen molar-refractivity contribution in [2.45, 2.75) is 13.5 Å². The summed E-state index contributed by atoms with van der Waals surface area (Å²) in [7, 11) is 0. The Kier molecular flexibility index (Phi) is 4.18. The van der Waals surface area contributed by atoms with Crippen molar-refractivity contribution in [1.82, 2.24) is 14.8 Å². The van der Waals surface area contributed by atoms with Crippen molar-refractivity contribution in [3.8, 4) is 11.3 Å². The maximum Gasteiger partial charge on any atom is 0.294 e. The minimum absolute atomic E-state index is 0.116. The molecule has 0 aliphatic rings. The largest absolute Gasteiger partial charge is 0.294 e. The van der Waals surface area contributed by atoms with Gasteiger partial charge in [-0.15, -0.1) is 11.3 Å². The fourth-order valence-electron chi connectivity index (χ4n) is 2.81. The van der Waals surface area contributed by atoms with Gasteiger partial charge in [0.25, 0.3) is 5.56 Å². The molecule has 0 aliphatic carbocycles. The van der Waals surface area contributed by atoms with Crippen LogP contribution < -0.4 is 5.56 Å². The molecular formula is C20H15N3O2S. The number of carbonyl (C=O) groups excluding carboxylic acids is 1. The number of hydrogen-bond donors (Lipinski definition) is 0. The number of fused-ring (bicyclic) bond motifs is 1. The minimum atomic E-state index is -0.340. The van der Waals surface area contributed by atoms with E-state index in [0.717, 1.165) is 15.3 Å². The maximum atomic E-state index is 12.8. The lowest BCUT2D eigenvalue weighted by Gasteiger charge is -2.08. The minimum Gasteiger partial charge on any atom is -0.292 e. The first-order valence-corrected chi connectivity index (χ1v) is 8.97. The summed E-state index contributed by atoms with van der Waals surface area (Å²) in [6.45, 7) is 1.74. The normalized spacial score (nSPS) is 11.0. The van der Waals surface area contributed by atoms with Gasteiger partial charge in [0.2, 0.25) is 0 Å². The molecule has 2 aromatic heterocycles. The van der Waals surface area contributed by atoms with E-state index < -0.39 is 0 Å². The van der Waals surface area contributed by atoms with Crippen molar-refractivity contribution in [1.29, 1.82) is 0 Å². The van der Waals surface area contributed by atoms with E-state index in [2.05, 4.69) is 10.1 Å². The van der Waals surface area contributed by atoms with E-state index in [9.17, 15) is 9.59 Å². The van der Waals surface area contributed by atoms with Gasteiger partial charge in [0, 0.05) is 11.1 Å². The van der Waals surface area contributed by atoms with Gasteiger partial charge in [0.15, 0.2) is 11.3 Å². The van der Waals surface area contributed by atoms with Crippen LogP contribution in [0.25, 0.3) is 21.5 Å². The number of aryl methyl sites for hydroxylation is 1. The van der Waals surface area contributed by atoms with Crippen LogP contribution in [0.2, 0.25) is 0 Å². The molecule has 128 valence electrons. The number of nitrogens with zero attached hydrogens (tertiary/aromatic N) is 3. The zero-order chi connectivity index (χ0) is 18.1. The quantitative estimate of drug-likeness (QED) is 0.520. The number of hydrogen-bond acceptors (Lipinski definition) is 5. The summed E-state index contributed by atoms with van der Waals surface area (Å²) in [5.41, 5.74) is 2.14. The molecule has 0 aliphatic heterocycles. The van der Waals surface area contributed by atoms with Gasteiger partial charge in [-0.25, -0.2) is 9.67 Å². The van der Waals surface area contributed by atoms with Crippen LogP contribution in [-0.4, -0.2) is 20.5 Å². The molecule has 0 N–H and O–H groups in total. The second-order valence-corrected chi connectivity index (χ2v) is 7.08. The summed E-state index contributed by atoms with van der Waals surface area (Å²) in [6.07, 6.45) is 0. The number of aromatic nitrogens is 3. The number of ketones is 1. The number of carbonyl (C=O) groups is 1. The van der Waals surface area contributed by atoms with E-state index in [1.165, 1.54) is 16.0 Å². The Morgan fingerprint density at radius 3 is 2.38 bits per heavy atom. The van der Waals surface area contributed by atoms with Crippen LogP contribution in [0.15, 0.2) is 65.5 Å². The SMILES string of the molecule is Cc1nc2c(=O)n(CC(=O)c3ccccc3)nc(-c3ccccc3)c2s1. The topological polar surface area (TPSA) is 64.8 Å². The molecule has 0 fully saturated rings. The Hall–Kier alpha value is -3.12. The molecule has 26 heavy (non-hydrogen) atoms. The van der Waals surface area contributed by atoms with Crippen molar-refractivity contribution >= 4 is 27.3 Å². The fraction of sp³-hybridized carbons (Fsp3) is 0.100. The zero-order valence-electron chi connectivity index (χ0n) is 14.0. The highest BCUT2D eigenvalue weighted by Crippen LogP contribution is 2.29. The predicted molar refractivity (Wildman–Crippen MR) is 103 cm³/mol. The Balaban J connectivity index is 1.86. The van der Waals surface area contributed by atoms with Crippen LogP contribution >= 0.6 is 11.3 Å². The lowest BCUT2D eigenvalue weighted by Crippen LogP contribution is -2.27. The first kappa shape index (κ1) is 16.4. The first-order chi connectivity index (χ1) is 12.6. The molecule has 0 spiro atoms. The molecule has 4 rings (SSSR count). The van der Waals surface area contributed by atoms with Gasteiger partial charge < -0.3 is 0 Å². The summed E-state index contributed by atoms with van der Waals surface area (Å²) < 4.78 is 1.97. The number of rotatable bonds is 4. The van der Waals surface area contributed by atoms with Crippen LogP contribution in [0.5, 0.6) is 0 Å². The van der Waals surface area contributed by atoms with Gasteiger partial charge in [0.05, 0.1) is 9.71 Å². The Morgan fingerprint density at radius 2 is 1.69 bits per heavy atom. The summed E-state index contributed by atoms with van der Waals surface area (Å²) >= 11 is 1.44. The van der Waals surface area contributed by atoms with E-state index in [1.54, 1.807) is 24.3 Å². The highest BCUT2D eigenvalue weighted by Gasteiger charge is 2.18. The summed E-state index contributed by atoms with van der Waals surface area (Å²) in [6, 6.07) is 18.5. The third kappa shape index (κ3) is 2.95. The van der Waals surface area contributed by atoms with Gasteiger partial charge >= 0.3 is 0 Å². The van der Waals surface area contributed by atoms with Crippen molar-refractivity contribution in [2.75, 3.05) is 0 Å². The summed E-state index contributed by atoms with van der Waals surface area (Å²) in [5.74, 6) is -0.162. The summed E-state index contributed by atoms with van der Waals surface area (Å²) in [4.78, 5) is 29.7. The van der Waals surface area contributed by atoms with Gasteiger partial charge in [0.1, 0.15) is 12.2 Å². The highest BCUT2D eigenvalue weighted by molar-refractivity contribution is 7.19. The van der Waals surface area contributed by atoms with E-state index in [4.69, 9.17) is 0 Å². The average molecular weight is 361 g/mol. The third-order valence-electron chi connectivity index (χ3n) is 4.04. The monoisotopic (exact) mass is 361 g/mol. The first-order valence-electron chi connectivity index (χ1n) is 8.15. The van der Waals surface area contributed by atoms with Crippen LogP contribution in [0.1, 0.15) is 15.4 Å². The molecule has 6 heteroatoms. The van der Waals surface area contributed by atoms with Crippen LogP contribution in [0, 0.1) is 6.92 Å². The predicted octanol–water partition coefficient (Wildman–Crippen LogP) is 3.71. The van der Waals surface area contributed by atoms with Crippen molar-refractivity contribution in [3.63, 3.8) is 0 Å². The van der Waals surface area contributed by atoms with Crippen LogP contribution in [-0.2, 0) is 6.54 Å². The molecule has 0 unspecified atom stereocenters. The molecule has 5 nitrogen and oxygen atoms in total. The highest BCUT2D eigenvalue weighted by atomic mass is 32.1. The van der Waals surface area contributed by atoms with Gasteiger partial charge in [-0.3, -0.25) is 9.59 Å². The van der Waals surface area contributed by atoms with E-state index >= 15 is 0 Å². The molecule has 2 aromatic carbocycles. The fourth-order valence-corrected chi connectivity index (χ4v) is 3.73. The molecule has 0 saturated carbocycles. The molecule has 4 aromatic rings. The van der Waals surface area contributed by atoms with Crippen LogP contribution in [0.4, 0.5) is 0 Å². The molecule has 0 saturated heterocycles. The lowest BCUT2D eigenvalue weighted by molar-refractivity contribution is 0.0966. The van der Waals surface area contributed by atoms with Crippen LogP contribution in [0.3, 0.4) is 0 Å². The molecule has 0 radical (unpaired) electrons. The number of benzene rings is 2. The van der Waals surface area contributed by atoms with E-state index in [1.807, 2.05) is 43.3 Å². The second-order valence-electron chi connectivity index (χ2n) is 5.88. The summed E-state index contributed by atoms with van der Waals surface area (Å²) in [5, 5.41) is 5.30. The maximum absolute atomic E-state index is 12.8. The lowest BCUT2D eigenvalue weighted by atomic mass is 10.1. The zero-order valence-corrected chi connectivity index (χ0v) is 14.9. The van der Waals surface area contributed by atoms with E-state index in [0.29, 0.717) is 16.8 Å². The number of thiazole rings is 1. The Bertz CT molecular complexity index is 1150. The Labute approximate surface area is 153 Å². The van der Waals surface area contributed by atoms with Crippen molar-refractivity contribution in [3.05, 3.63) is 81.6 Å². The average Bonchev–Trinajstić information content (AvgIpc) is 3.07. The molecule has 0 atom stereocenters. The molecular weight excluding hydrogens is 346 g/mol. The standard InChI is InChI=1S/C20H15N3O2S/c1-13-21-18-19(26-13)17(15-10-6-3-7-11-15)22-23(20(18)25)12-16(24)14-8-4-2-5-9-14/h2-11H,12H2,1H3. The smallest absolute Gasteiger partial charge is 0.292 e. The van der Waals surface area contributed by atoms with Gasteiger partial charge in [-0.2, -0.15) is 5.10 Å². The van der Waals surface area contributed by atoms with Crippen molar-refractivity contribution < 1.29 is 4.79 Å². The Morgan fingerprint density at radius 1 is 1.04 bits per heavy atom.